The van der Waals surface area contributed by atoms with E-state index in [9.17, 15) is 4.79 Å². The highest BCUT2D eigenvalue weighted by atomic mass is 32.2. The lowest BCUT2D eigenvalue weighted by atomic mass is 9.60. The van der Waals surface area contributed by atoms with Crippen molar-refractivity contribution in [3.8, 4) is 11.3 Å². The number of hydrogen-bond donors (Lipinski definition) is 0. The van der Waals surface area contributed by atoms with Gasteiger partial charge >= 0.3 is 0 Å². The first-order valence-electron chi connectivity index (χ1n) is 11.4. The average Bonchev–Trinajstić information content (AvgIpc) is 2.81. The van der Waals surface area contributed by atoms with Gasteiger partial charge < -0.3 is 0 Å². The third-order valence-electron chi connectivity index (χ3n) is 7.41. The Kier molecular flexibility index (Phi) is 5.51. The van der Waals surface area contributed by atoms with Crippen LogP contribution >= 0.6 is 11.8 Å². The van der Waals surface area contributed by atoms with Crippen LogP contribution in [0, 0.1) is 5.92 Å². The maximum Gasteiger partial charge on any atom is 0.258 e. The number of nitrogens with zero attached hydrogens (tertiary/aromatic N) is 2. The van der Waals surface area contributed by atoms with Gasteiger partial charge in [-0.2, -0.15) is 0 Å². The van der Waals surface area contributed by atoms with E-state index in [0.717, 1.165) is 34.0 Å². The smallest absolute Gasteiger partial charge is 0.258 e. The minimum atomic E-state index is -0.163. The molecule has 160 valence electrons. The largest absolute Gasteiger partial charge is 0.283 e. The molecule has 4 heteroatoms. The highest BCUT2D eigenvalue weighted by Crippen LogP contribution is 2.49. The zero-order valence-corrected chi connectivity index (χ0v) is 19.3. The van der Waals surface area contributed by atoms with Gasteiger partial charge in [0.05, 0.1) is 17.8 Å². The number of thioether (sulfide) groups is 1. The molecule has 1 atom stereocenters. The van der Waals surface area contributed by atoms with Gasteiger partial charge in [-0.05, 0) is 42.6 Å². The van der Waals surface area contributed by atoms with Gasteiger partial charge in [-0.15, -0.1) is 0 Å². The lowest BCUT2D eigenvalue weighted by molar-refractivity contribution is 0.212. The SMILES string of the molecule is CSc1nc2c(c(=O)n1Cc1ccccc1)[C@@](C)(C1CCCCC1)Cc1ccccc1-2. The summed E-state index contributed by atoms with van der Waals surface area (Å²) in [4.78, 5) is 19.3. The van der Waals surface area contributed by atoms with Crippen LogP contribution in [0.25, 0.3) is 11.3 Å². The fourth-order valence-corrected chi connectivity index (χ4v) is 6.33. The quantitative estimate of drug-likeness (QED) is 0.372. The normalized spacial score (nSPS) is 20.8. The van der Waals surface area contributed by atoms with Crippen molar-refractivity contribution >= 4 is 11.8 Å². The van der Waals surface area contributed by atoms with Gasteiger partial charge in [0.1, 0.15) is 0 Å². The summed E-state index contributed by atoms with van der Waals surface area (Å²) >= 11 is 1.56. The number of fused-ring (bicyclic) bond motifs is 3. The maximum atomic E-state index is 14.2. The predicted molar refractivity (Wildman–Crippen MR) is 129 cm³/mol. The molecular weight excluding hydrogens is 400 g/mol. The summed E-state index contributed by atoms with van der Waals surface area (Å²) in [5, 5.41) is 0.801. The summed E-state index contributed by atoms with van der Waals surface area (Å²) in [6.45, 7) is 2.91. The summed E-state index contributed by atoms with van der Waals surface area (Å²) in [5.74, 6) is 0.535. The van der Waals surface area contributed by atoms with Crippen LogP contribution in [0.3, 0.4) is 0 Å². The van der Waals surface area contributed by atoms with E-state index >= 15 is 0 Å². The Labute approximate surface area is 188 Å². The second kappa shape index (κ2) is 8.31. The Hall–Kier alpha value is -2.33. The average molecular weight is 431 g/mol. The number of hydrogen-bond acceptors (Lipinski definition) is 3. The van der Waals surface area contributed by atoms with Gasteiger partial charge in [0.15, 0.2) is 5.16 Å². The molecule has 1 fully saturated rings. The second-order valence-electron chi connectivity index (χ2n) is 9.29. The zero-order chi connectivity index (χ0) is 21.4. The van der Waals surface area contributed by atoms with Crippen molar-refractivity contribution in [3.05, 3.63) is 81.6 Å². The topological polar surface area (TPSA) is 34.9 Å². The van der Waals surface area contributed by atoms with Crippen molar-refractivity contribution in [1.29, 1.82) is 0 Å². The van der Waals surface area contributed by atoms with Gasteiger partial charge in [0.25, 0.3) is 5.56 Å². The summed E-state index contributed by atoms with van der Waals surface area (Å²) in [6.07, 6.45) is 9.23. The predicted octanol–water partition coefficient (Wildman–Crippen LogP) is 6.07. The summed E-state index contributed by atoms with van der Waals surface area (Å²) < 4.78 is 1.91. The van der Waals surface area contributed by atoms with Crippen molar-refractivity contribution < 1.29 is 0 Å². The standard InChI is InChI=1S/C27H30N2OS/c1-27(21-14-7-4-8-15-21)17-20-13-9-10-16-22(20)24-23(27)25(30)29(26(28-24)31-2)18-19-11-5-3-6-12-19/h3,5-6,9-13,16,21H,4,7-8,14-15,17-18H2,1-2H3/t27-/m1/s1. The molecule has 3 nitrogen and oxygen atoms in total. The first-order valence-corrected chi connectivity index (χ1v) is 12.7. The molecule has 1 heterocycles. The third kappa shape index (κ3) is 3.55. The van der Waals surface area contributed by atoms with Crippen LogP contribution in [-0.4, -0.2) is 15.8 Å². The zero-order valence-electron chi connectivity index (χ0n) is 18.4. The fourth-order valence-electron chi connectivity index (χ4n) is 5.78. The second-order valence-corrected chi connectivity index (χ2v) is 10.1. The van der Waals surface area contributed by atoms with Gasteiger partial charge in [-0.3, -0.25) is 9.36 Å². The number of aromatic nitrogens is 2. The van der Waals surface area contributed by atoms with Crippen LogP contribution in [0.4, 0.5) is 0 Å². The first-order chi connectivity index (χ1) is 15.1. The third-order valence-corrected chi connectivity index (χ3v) is 8.08. The lowest BCUT2D eigenvalue weighted by Gasteiger charge is -2.44. The summed E-state index contributed by atoms with van der Waals surface area (Å²) in [7, 11) is 0. The first kappa shape index (κ1) is 20.6. The van der Waals surface area contributed by atoms with E-state index in [4.69, 9.17) is 4.98 Å². The molecular formula is C27H30N2OS. The Morgan fingerprint density at radius 3 is 2.48 bits per heavy atom. The highest BCUT2D eigenvalue weighted by Gasteiger charge is 2.44. The van der Waals surface area contributed by atoms with Gasteiger partial charge in [-0.1, -0.05) is 92.5 Å². The molecule has 0 saturated heterocycles. The lowest BCUT2D eigenvalue weighted by Crippen LogP contribution is -2.45. The van der Waals surface area contributed by atoms with E-state index in [2.05, 4.69) is 43.3 Å². The summed E-state index contributed by atoms with van der Waals surface area (Å²) in [6, 6.07) is 18.8. The van der Waals surface area contributed by atoms with Crippen molar-refractivity contribution in [2.75, 3.05) is 6.26 Å². The number of rotatable bonds is 4. The minimum Gasteiger partial charge on any atom is -0.283 e. The van der Waals surface area contributed by atoms with Crippen molar-refractivity contribution in [2.24, 2.45) is 5.92 Å². The van der Waals surface area contributed by atoms with Crippen LogP contribution in [0.1, 0.15) is 55.7 Å². The minimum absolute atomic E-state index is 0.153. The Bertz CT molecular complexity index is 1150. The van der Waals surface area contributed by atoms with Crippen LogP contribution in [0.2, 0.25) is 0 Å². The Morgan fingerprint density at radius 1 is 1.03 bits per heavy atom. The van der Waals surface area contributed by atoms with E-state index in [1.54, 1.807) is 11.8 Å². The molecule has 2 aromatic carbocycles. The monoisotopic (exact) mass is 430 g/mol. The Balaban J connectivity index is 1.74. The van der Waals surface area contributed by atoms with E-state index in [-0.39, 0.29) is 11.0 Å². The molecule has 0 spiro atoms. The van der Waals surface area contributed by atoms with E-state index in [1.165, 1.54) is 37.7 Å². The molecule has 0 amide bonds. The maximum absolute atomic E-state index is 14.2. The van der Waals surface area contributed by atoms with Crippen molar-refractivity contribution in [1.82, 2.24) is 9.55 Å². The Morgan fingerprint density at radius 2 is 1.74 bits per heavy atom. The highest BCUT2D eigenvalue weighted by molar-refractivity contribution is 7.98. The van der Waals surface area contributed by atoms with E-state index in [1.807, 2.05) is 29.0 Å². The molecule has 0 bridgehead atoms. The van der Waals surface area contributed by atoms with E-state index < -0.39 is 0 Å². The van der Waals surface area contributed by atoms with Crippen molar-refractivity contribution in [3.63, 3.8) is 0 Å². The molecule has 31 heavy (non-hydrogen) atoms. The molecule has 2 aliphatic rings. The van der Waals surface area contributed by atoms with Gasteiger partial charge in [0, 0.05) is 11.0 Å². The molecule has 0 unspecified atom stereocenters. The molecule has 5 rings (SSSR count). The molecule has 0 aliphatic heterocycles. The molecule has 0 N–H and O–H groups in total. The fraction of sp³-hybridized carbons (Fsp3) is 0.407. The number of benzene rings is 2. The van der Waals surface area contributed by atoms with Gasteiger partial charge in [-0.25, -0.2) is 4.98 Å². The molecule has 3 aromatic rings. The molecule has 2 aliphatic carbocycles. The molecule has 1 saturated carbocycles. The summed E-state index contributed by atoms with van der Waals surface area (Å²) in [5.41, 5.74) is 5.48. The van der Waals surface area contributed by atoms with Crippen LogP contribution in [-0.2, 0) is 18.4 Å². The van der Waals surface area contributed by atoms with E-state index in [0.29, 0.717) is 12.5 Å². The van der Waals surface area contributed by atoms with Crippen LogP contribution in [0.15, 0.2) is 64.5 Å². The van der Waals surface area contributed by atoms with Crippen molar-refractivity contribution in [2.45, 2.75) is 62.6 Å². The van der Waals surface area contributed by atoms with Crippen LogP contribution in [0.5, 0.6) is 0 Å². The molecule has 0 radical (unpaired) electrons. The van der Waals surface area contributed by atoms with Crippen LogP contribution < -0.4 is 5.56 Å². The molecule has 1 aromatic heterocycles. The van der Waals surface area contributed by atoms with Gasteiger partial charge in [0.2, 0.25) is 0 Å².